The molecule has 3 rings (SSSR count). The highest BCUT2D eigenvalue weighted by Crippen LogP contribution is 2.26. The lowest BCUT2D eigenvalue weighted by molar-refractivity contribution is 0.794. The lowest BCUT2D eigenvalue weighted by atomic mass is 9.98. The van der Waals surface area contributed by atoms with E-state index in [-0.39, 0.29) is 0 Å². The van der Waals surface area contributed by atoms with Crippen molar-refractivity contribution in [2.45, 2.75) is 52.4 Å². The van der Waals surface area contributed by atoms with Crippen LogP contribution in [0, 0.1) is 0 Å². The molecule has 0 spiro atoms. The molecule has 1 heterocycles. The van der Waals surface area contributed by atoms with Gasteiger partial charge in [0.15, 0.2) is 0 Å². The van der Waals surface area contributed by atoms with Crippen LogP contribution < -0.4 is 0 Å². The molecular formula is C24H28N2. The summed E-state index contributed by atoms with van der Waals surface area (Å²) in [6.07, 6.45) is 6.99. The van der Waals surface area contributed by atoms with Gasteiger partial charge in [0.2, 0.25) is 0 Å². The molecule has 0 fully saturated rings. The zero-order valence-corrected chi connectivity index (χ0v) is 15.9. The smallest absolute Gasteiger partial charge is 0.0932 e. The van der Waals surface area contributed by atoms with Gasteiger partial charge in [-0.05, 0) is 48.9 Å². The standard InChI is InChI=1S/C24H28N2/c1-3-5-11-19-13-7-9-15-21(19)23-17-18-24(26-25-23)22-16-10-8-14-20(22)12-6-4-2/h7-10,13-18H,3-6,11-12H2,1-2H3. The Labute approximate surface area is 157 Å². The summed E-state index contributed by atoms with van der Waals surface area (Å²) in [5.41, 5.74) is 7.07. The van der Waals surface area contributed by atoms with Gasteiger partial charge in [-0.3, -0.25) is 0 Å². The fourth-order valence-corrected chi connectivity index (χ4v) is 3.33. The molecule has 3 aromatic rings. The molecule has 0 saturated heterocycles. The third kappa shape index (κ3) is 4.37. The molecule has 0 amide bonds. The summed E-state index contributed by atoms with van der Waals surface area (Å²) in [4.78, 5) is 0. The van der Waals surface area contributed by atoms with Crippen LogP contribution in [-0.2, 0) is 12.8 Å². The third-order valence-electron chi connectivity index (χ3n) is 4.85. The van der Waals surface area contributed by atoms with Crippen molar-refractivity contribution < 1.29 is 0 Å². The topological polar surface area (TPSA) is 25.8 Å². The second-order valence-corrected chi connectivity index (χ2v) is 6.83. The Morgan fingerprint density at radius 3 is 1.38 bits per heavy atom. The van der Waals surface area contributed by atoms with Gasteiger partial charge in [0.05, 0.1) is 11.4 Å². The average Bonchev–Trinajstić information content (AvgIpc) is 2.71. The molecule has 0 atom stereocenters. The molecule has 2 aromatic carbocycles. The van der Waals surface area contributed by atoms with E-state index >= 15 is 0 Å². The van der Waals surface area contributed by atoms with Gasteiger partial charge in [-0.15, -0.1) is 10.2 Å². The van der Waals surface area contributed by atoms with Gasteiger partial charge in [0, 0.05) is 11.1 Å². The van der Waals surface area contributed by atoms with Crippen LogP contribution in [0.1, 0.15) is 50.7 Å². The molecule has 0 aliphatic carbocycles. The lowest BCUT2D eigenvalue weighted by Crippen LogP contribution is -1.97. The van der Waals surface area contributed by atoms with Crippen molar-refractivity contribution in [1.82, 2.24) is 10.2 Å². The molecule has 0 aliphatic heterocycles. The quantitative estimate of drug-likeness (QED) is 0.466. The van der Waals surface area contributed by atoms with E-state index < -0.39 is 0 Å². The fraction of sp³-hybridized carbons (Fsp3) is 0.333. The van der Waals surface area contributed by atoms with Gasteiger partial charge in [-0.25, -0.2) is 0 Å². The van der Waals surface area contributed by atoms with Crippen LogP contribution in [0.15, 0.2) is 60.7 Å². The largest absolute Gasteiger partial charge is 0.150 e. The van der Waals surface area contributed by atoms with Crippen molar-refractivity contribution in [3.63, 3.8) is 0 Å². The summed E-state index contributed by atoms with van der Waals surface area (Å²) in [6, 6.07) is 21.4. The maximum absolute atomic E-state index is 4.57. The Hall–Kier alpha value is -2.48. The number of aromatic nitrogens is 2. The van der Waals surface area contributed by atoms with Crippen LogP contribution in [0.2, 0.25) is 0 Å². The molecule has 0 saturated carbocycles. The van der Waals surface area contributed by atoms with Gasteiger partial charge in [-0.1, -0.05) is 75.2 Å². The first-order valence-electron chi connectivity index (χ1n) is 9.83. The monoisotopic (exact) mass is 344 g/mol. The summed E-state index contributed by atoms with van der Waals surface area (Å²) in [7, 11) is 0. The Morgan fingerprint density at radius 1 is 0.577 bits per heavy atom. The lowest BCUT2D eigenvalue weighted by Gasteiger charge is -2.10. The Bertz CT molecular complexity index is 751. The predicted molar refractivity (Wildman–Crippen MR) is 110 cm³/mol. The van der Waals surface area contributed by atoms with E-state index in [4.69, 9.17) is 0 Å². The van der Waals surface area contributed by atoms with Crippen molar-refractivity contribution >= 4 is 0 Å². The molecule has 0 radical (unpaired) electrons. The number of benzene rings is 2. The first kappa shape index (κ1) is 18.3. The summed E-state index contributed by atoms with van der Waals surface area (Å²) >= 11 is 0. The Morgan fingerprint density at radius 2 is 1.00 bits per heavy atom. The van der Waals surface area contributed by atoms with Crippen LogP contribution in [-0.4, -0.2) is 10.2 Å². The average molecular weight is 345 g/mol. The zero-order valence-electron chi connectivity index (χ0n) is 15.9. The molecule has 134 valence electrons. The SMILES string of the molecule is CCCCc1ccccc1-c1ccc(-c2ccccc2CCCC)nn1. The van der Waals surface area contributed by atoms with Crippen LogP contribution >= 0.6 is 0 Å². The number of unbranched alkanes of at least 4 members (excludes halogenated alkanes) is 2. The predicted octanol–water partition coefficient (Wildman–Crippen LogP) is 6.50. The molecular weight excluding hydrogens is 316 g/mol. The van der Waals surface area contributed by atoms with Crippen LogP contribution in [0.5, 0.6) is 0 Å². The highest BCUT2D eigenvalue weighted by atomic mass is 15.1. The molecule has 0 unspecified atom stereocenters. The van der Waals surface area contributed by atoms with Gasteiger partial charge in [0.1, 0.15) is 0 Å². The van der Waals surface area contributed by atoms with Gasteiger partial charge >= 0.3 is 0 Å². The highest BCUT2D eigenvalue weighted by molar-refractivity contribution is 5.67. The maximum Gasteiger partial charge on any atom is 0.0932 e. The number of hydrogen-bond donors (Lipinski definition) is 0. The Balaban J connectivity index is 1.89. The van der Waals surface area contributed by atoms with Crippen LogP contribution in [0.3, 0.4) is 0 Å². The maximum atomic E-state index is 4.57. The molecule has 0 N–H and O–H groups in total. The van der Waals surface area contributed by atoms with E-state index in [0.29, 0.717) is 0 Å². The molecule has 0 bridgehead atoms. The highest BCUT2D eigenvalue weighted by Gasteiger charge is 2.09. The minimum absolute atomic E-state index is 0.964. The van der Waals surface area contributed by atoms with Gasteiger partial charge in [-0.2, -0.15) is 0 Å². The summed E-state index contributed by atoms with van der Waals surface area (Å²) in [5.74, 6) is 0. The normalized spacial score (nSPS) is 10.8. The number of rotatable bonds is 8. The molecule has 2 heteroatoms. The van der Waals surface area contributed by atoms with Gasteiger partial charge in [0.25, 0.3) is 0 Å². The van der Waals surface area contributed by atoms with E-state index in [2.05, 4.69) is 84.7 Å². The van der Waals surface area contributed by atoms with Crippen LogP contribution in [0.4, 0.5) is 0 Å². The summed E-state index contributed by atoms with van der Waals surface area (Å²) in [6.45, 7) is 4.46. The molecule has 1 aromatic heterocycles. The van der Waals surface area contributed by atoms with Crippen molar-refractivity contribution in [2.75, 3.05) is 0 Å². The minimum Gasteiger partial charge on any atom is -0.150 e. The van der Waals surface area contributed by atoms with E-state index in [0.717, 1.165) is 24.2 Å². The summed E-state index contributed by atoms with van der Waals surface area (Å²) in [5, 5.41) is 9.13. The molecule has 2 nitrogen and oxygen atoms in total. The minimum atomic E-state index is 0.964. The second-order valence-electron chi connectivity index (χ2n) is 6.83. The molecule has 0 aliphatic rings. The van der Waals surface area contributed by atoms with Crippen molar-refractivity contribution in [2.24, 2.45) is 0 Å². The van der Waals surface area contributed by atoms with E-state index in [1.54, 1.807) is 0 Å². The number of aryl methyl sites for hydroxylation is 2. The third-order valence-corrected chi connectivity index (χ3v) is 4.85. The molecule has 26 heavy (non-hydrogen) atoms. The van der Waals surface area contributed by atoms with Crippen molar-refractivity contribution in [1.29, 1.82) is 0 Å². The fourth-order valence-electron chi connectivity index (χ4n) is 3.33. The number of nitrogens with zero attached hydrogens (tertiary/aromatic N) is 2. The first-order chi connectivity index (χ1) is 12.8. The van der Waals surface area contributed by atoms with Gasteiger partial charge < -0.3 is 0 Å². The van der Waals surface area contributed by atoms with E-state index in [9.17, 15) is 0 Å². The number of hydrogen-bond acceptors (Lipinski definition) is 2. The van der Waals surface area contributed by atoms with E-state index in [1.165, 1.54) is 47.9 Å². The zero-order chi connectivity index (χ0) is 18.2. The Kier molecular flexibility index (Phi) is 6.54. The summed E-state index contributed by atoms with van der Waals surface area (Å²) < 4.78 is 0. The van der Waals surface area contributed by atoms with E-state index in [1.807, 2.05) is 0 Å². The van der Waals surface area contributed by atoms with Crippen LogP contribution in [0.25, 0.3) is 22.5 Å². The van der Waals surface area contributed by atoms with Crippen molar-refractivity contribution in [3.8, 4) is 22.5 Å². The second kappa shape index (κ2) is 9.28. The first-order valence-corrected chi connectivity index (χ1v) is 9.83. The van der Waals surface area contributed by atoms with Crippen molar-refractivity contribution in [3.05, 3.63) is 71.8 Å².